The third-order valence-corrected chi connectivity index (χ3v) is 3.74. The van der Waals surface area contributed by atoms with Crippen LogP contribution < -0.4 is 5.32 Å². The van der Waals surface area contributed by atoms with E-state index in [9.17, 15) is 4.79 Å². The standard InChI is InChI=1S/C14H28N2O/c1-5-12(4)9-14(17)16(11(2)3)10-13-7-6-8-15-13/h11-13,15H,5-10H2,1-4H3. The minimum absolute atomic E-state index is 0.314. The summed E-state index contributed by atoms with van der Waals surface area (Å²) in [4.78, 5) is 14.3. The molecule has 0 aromatic carbocycles. The van der Waals surface area contributed by atoms with Gasteiger partial charge in [-0.25, -0.2) is 0 Å². The number of carbonyl (C=O) groups is 1. The maximum Gasteiger partial charge on any atom is 0.223 e. The van der Waals surface area contributed by atoms with Crippen LogP contribution in [-0.4, -0.2) is 36.0 Å². The highest BCUT2D eigenvalue weighted by molar-refractivity contribution is 5.76. The molecule has 17 heavy (non-hydrogen) atoms. The molecule has 1 N–H and O–H groups in total. The van der Waals surface area contributed by atoms with E-state index >= 15 is 0 Å². The van der Waals surface area contributed by atoms with Crippen molar-refractivity contribution in [2.75, 3.05) is 13.1 Å². The van der Waals surface area contributed by atoms with Crippen molar-refractivity contribution >= 4 is 5.91 Å². The number of hydrogen-bond acceptors (Lipinski definition) is 2. The first kappa shape index (κ1) is 14.5. The molecule has 0 aliphatic carbocycles. The van der Waals surface area contributed by atoms with Crippen LogP contribution in [0.5, 0.6) is 0 Å². The Morgan fingerprint density at radius 2 is 2.12 bits per heavy atom. The average Bonchev–Trinajstić information content (AvgIpc) is 2.77. The van der Waals surface area contributed by atoms with Crippen molar-refractivity contribution in [3.8, 4) is 0 Å². The van der Waals surface area contributed by atoms with Crippen molar-refractivity contribution < 1.29 is 4.79 Å². The van der Waals surface area contributed by atoms with Crippen LogP contribution in [-0.2, 0) is 4.79 Å². The summed E-state index contributed by atoms with van der Waals surface area (Å²) in [6.07, 6.45) is 4.23. The summed E-state index contributed by atoms with van der Waals surface area (Å²) < 4.78 is 0. The van der Waals surface area contributed by atoms with E-state index in [0.717, 1.165) is 19.5 Å². The highest BCUT2D eigenvalue weighted by Gasteiger charge is 2.23. The van der Waals surface area contributed by atoms with Gasteiger partial charge in [-0.3, -0.25) is 4.79 Å². The van der Waals surface area contributed by atoms with Crippen molar-refractivity contribution in [2.24, 2.45) is 5.92 Å². The monoisotopic (exact) mass is 240 g/mol. The number of rotatable bonds is 6. The fourth-order valence-corrected chi connectivity index (χ4v) is 2.31. The molecule has 100 valence electrons. The quantitative estimate of drug-likeness (QED) is 0.773. The molecule has 0 aromatic rings. The summed E-state index contributed by atoms with van der Waals surface area (Å²) >= 11 is 0. The molecule has 2 unspecified atom stereocenters. The molecular weight excluding hydrogens is 212 g/mol. The Hall–Kier alpha value is -0.570. The maximum absolute atomic E-state index is 12.2. The number of carbonyl (C=O) groups excluding carboxylic acids is 1. The lowest BCUT2D eigenvalue weighted by Gasteiger charge is -2.30. The Balaban J connectivity index is 2.48. The molecule has 3 heteroatoms. The Morgan fingerprint density at radius 1 is 1.41 bits per heavy atom. The van der Waals surface area contributed by atoms with Crippen LogP contribution in [0.2, 0.25) is 0 Å². The van der Waals surface area contributed by atoms with Crippen LogP contribution in [0.1, 0.15) is 53.4 Å². The van der Waals surface area contributed by atoms with Gasteiger partial charge in [0.25, 0.3) is 0 Å². The molecule has 1 aliphatic rings. The summed E-state index contributed by atoms with van der Waals surface area (Å²) in [5, 5.41) is 3.47. The lowest BCUT2D eigenvalue weighted by atomic mass is 10.0. The van der Waals surface area contributed by atoms with E-state index in [1.165, 1.54) is 12.8 Å². The fraction of sp³-hybridized carbons (Fsp3) is 0.929. The predicted molar refractivity (Wildman–Crippen MR) is 71.9 cm³/mol. The smallest absolute Gasteiger partial charge is 0.223 e. The minimum atomic E-state index is 0.314. The summed E-state index contributed by atoms with van der Waals surface area (Å²) in [5.41, 5.74) is 0. The van der Waals surface area contributed by atoms with E-state index in [2.05, 4.69) is 37.9 Å². The molecule has 1 aliphatic heterocycles. The normalized spacial score (nSPS) is 21.8. The van der Waals surface area contributed by atoms with Gasteiger partial charge in [0, 0.05) is 25.0 Å². The molecule has 0 aromatic heterocycles. The maximum atomic E-state index is 12.2. The van der Waals surface area contributed by atoms with Gasteiger partial charge in [0.1, 0.15) is 0 Å². The zero-order valence-corrected chi connectivity index (χ0v) is 11.8. The van der Waals surface area contributed by atoms with Crippen LogP contribution in [0.25, 0.3) is 0 Å². The highest BCUT2D eigenvalue weighted by Crippen LogP contribution is 2.14. The second-order valence-corrected chi connectivity index (χ2v) is 5.65. The van der Waals surface area contributed by atoms with Crippen molar-refractivity contribution in [3.63, 3.8) is 0 Å². The van der Waals surface area contributed by atoms with Crippen LogP contribution in [0, 0.1) is 5.92 Å². The average molecular weight is 240 g/mol. The van der Waals surface area contributed by atoms with Crippen molar-refractivity contribution in [1.29, 1.82) is 0 Å². The number of nitrogens with one attached hydrogen (secondary N) is 1. The van der Waals surface area contributed by atoms with Crippen molar-refractivity contribution in [2.45, 2.75) is 65.5 Å². The lowest BCUT2D eigenvalue weighted by molar-refractivity contribution is -0.134. The van der Waals surface area contributed by atoms with Crippen molar-refractivity contribution in [3.05, 3.63) is 0 Å². The second kappa shape index (κ2) is 7.00. The Kier molecular flexibility index (Phi) is 5.96. The summed E-state index contributed by atoms with van der Waals surface area (Å²) in [7, 11) is 0. The molecule has 3 nitrogen and oxygen atoms in total. The third-order valence-electron chi connectivity index (χ3n) is 3.74. The number of nitrogens with zero attached hydrogens (tertiary/aromatic N) is 1. The SMILES string of the molecule is CCC(C)CC(=O)N(CC1CCCN1)C(C)C. The summed E-state index contributed by atoms with van der Waals surface area (Å²) in [5.74, 6) is 0.823. The van der Waals surface area contributed by atoms with Gasteiger partial charge in [0.15, 0.2) is 0 Å². The third kappa shape index (κ3) is 4.66. The molecule has 0 saturated carbocycles. The molecule has 0 radical (unpaired) electrons. The van der Waals surface area contributed by atoms with E-state index < -0.39 is 0 Å². The van der Waals surface area contributed by atoms with Gasteiger partial charge in [-0.15, -0.1) is 0 Å². The molecule has 1 fully saturated rings. The fourth-order valence-electron chi connectivity index (χ4n) is 2.31. The topological polar surface area (TPSA) is 32.3 Å². The highest BCUT2D eigenvalue weighted by atomic mass is 16.2. The van der Waals surface area contributed by atoms with Gasteiger partial charge < -0.3 is 10.2 Å². The summed E-state index contributed by atoms with van der Waals surface area (Å²) in [6.45, 7) is 10.5. The minimum Gasteiger partial charge on any atom is -0.339 e. The molecule has 0 bridgehead atoms. The first-order valence-electron chi connectivity index (χ1n) is 7.07. The first-order valence-corrected chi connectivity index (χ1v) is 7.07. The zero-order valence-electron chi connectivity index (χ0n) is 11.8. The van der Waals surface area contributed by atoms with Gasteiger partial charge in [0.2, 0.25) is 5.91 Å². The zero-order chi connectivity index (χ0) is 12.8. The van der Waals surface area contributed by atoms with E-state index in [0.29, 0.717) is 30.3 Å². The second-order valence-electron chi connectivity index (χ2n) is 5.65. The van der Waals surface area contributed by atoms with Gasteiger partial charge in [-0.2, -0.15) is 0 Å². The predicted octanol–water partition coefficient (Wildman–Crippen LogP) is 2.41. The molecule has 1 heterocycles. The van der Waals surface area contributed by atoms with Crippen molar-refractivity contribution in [1.82, 2.24) is 10.2 Å². The molecule has 0 spiro atoms. The first-order chi connectivity index (χ1) is 8.04. The van der Waals surface area contributed by atoms with Gasteiger partial charge >= 0.3 is 0 Å². The molecular formula is C14H28N2O. The van der Waals surface area contributed by atoms with E-state index in [4.69, 9.17) is 0 Å². The van der Waals surface area contributed by atoms with Crippen LogP contribution >= 0.6 is 0 Å². The Morgan fingerprint density at radius 3 is 2.59 bits per heavy atom. The van der Waals surface area contributed by atoms with E-state index in [-0.39, 0.29) is 0 Å². The Labute approximate surface area is 106 Å². The molecule has 1 amide bonds. The van der Waals surface area contributed by atoms with Crippen LogP contribution in [0.4, 0.5) is 0 Å². The van der Waals surface area contributed by atoms with E-state index in [1.54, 1.807) is 0 Å². The van der Waals surface area contributed by atoms with Crippen LogP contribution in [0.15, 0.2) is 0 Å². The largest absolute Gasteiger partial charge is 0.339 e. The Bertz CT molecular complexity index is 234. The van der Waals surface area contributed by atoms with Gasteiger partial charge in [-0.05, 0) is 39.2 Å². The molecule has 2 atom stereocenters. The van der Waals surface area contributed by atoms with Gasteiger partial charge in [0.05, 0.1) is 0 Å². The number of hydrogen-bond donors (Lipinski definition) is 1. The molecule has 1 saturated heterocycles. The lowest BCUT2D eigenvalue weighted by Crippen LogP contribution is -2.45. The van der Waals surface area contributed by atoms with Gasteiger partial charge in [-0.1, -0.05) is 20.3 Å². The van der Waals surface area contributed by atoms with Crippen LogP contribution in [0.3, 0.4) is 0 Å². The number of amides is 1. The molecule has 1 rings (SSSR count). The van der Waals surface area contributed by atoms with E-state index in [1.807, 2.05) is 0 Å². The summed E-state index contributed by atoms with van der Waals surface area (Å²) in [6, 6.07) is 0.826.